The van der Waals surface area contributed by atoms with E-state index in [0.29, 0.717) is 0 Å². The molecule has 1 unspecified atom stereocenters. The average Bonchev–Trinajstić information content (AvgIpc) is 2.28. The number of hydrogen-bond donors (Lipinski definition) is 2. The summed E-state index contributed by atoms with van der Waals surface area (Å²) in [5.74, 6) is -2.64. The Labute approximate surface area is 96.9 Å². The maximum absolute atomic E-state index is 13.3. The van der Waals surface area contributed by atoms with Gasteiger partial charge in [-0.15, -0.1) is 0 Å². The number of nitrogens with one attached hydrogen (secondary N) is 1. The molecule has 0 amide bonds. The maximum atomic E-state index is 13.3. The van der Waals surface area contributed by atoms with E-state index in [9.17, 15) is 17.2 Å². The van der Waals surface area contributed by atoms with Gasteiger partial charge in [-0.1, -0.05) is 0 Å². The minimum atomic E-state index is -4.12. The van der Waals surface area contributed by atoms with Crippen LogP contribution in [0.2, 0.25) is 0 Å². The molecule has 8 heteroatoms. The fourth-order valence-corrected chi connectivity index (χ4v) is 1.78. The Morgan fingerprint density at radius 1 is 1.47 bits per heavy atom. The first-order valence-corrected chi connectivity index (χ1v) is 5.99. The van der Waals surface area contributed by atoms with Gasteiger partial charge in [0.15, 0.2) is 16.9 Å². The highest BCUT2D eigenvalue weighted by atomic mass is 32.2. The van der Waals surface area contributed by atoms with Gasteiger partial charge in [-0.25, -0.2) is 17.2 Å². The van der Waals surface area contributed by atoms with Crippen molar-refractivity contribution >= 4 is 21.4 Å². The van der Waals surface area contributed by atoms with Crippen molar-refractivity contribution < 1.29 is 17.2 Å². The van der Waals surface area contributed by atoms with Gasteiger partial charge in [-0.2, -0.15) is 5.26 Å². The van der Waals surface area contributed by atoms with Gasteiger partial charge in [0, 0.05) is 0 Å². The van der Waals surface area contributed by atoms with Crippen molar-refractivity contribution in [3.8, 4) is 6.07 Å². The van der Waals surface area contributed by atoms with E-state index in [4.69, 9.17) is 11.0 Å². The number of sulfonamides is 1. The van der Waals surface area contributed by atoms with Crippen LogP contribution in [0.3, 0.4) is 0 Å². The minimum Gasteiger partial charge on any atom is -0.397 e. The second-order valence-electron chi connectivity index (χ2n) is 3.24. The number of nitrogen functional groups attached to an aromatic ring is 1. The van der Waals surface area contributed by atoms with Crippen molar-refractivity contribution in [3.63, 3.8) is 0 Å². The number of halogens is 2. The summed E-state index contributed by atoms with van der Waals surface area (Å²) in [5.41, 5.74) is 4.37. The highest BCUT2D eigenvalue weighted by Crippen LogP contribution is 2.26. The molecule has 0 aliphatic carbocycles. The third-order valence-electron chi connectivity index (χ3n) is 2.02. The predicted octanol–water partition coefficient (Wildman–Crippen LogP) is 1.20. The lowest BCUT2D eigenvalue weighted by Gasteiger charge is -2.12. The molecule has 0 spiro atoms. The highest BCUT2D eigenvalue weighted by molar-refractivity contribution is 7.93. The predicted molar refractivity (Wildman–Crippen MR) is 58.4 cm³/mol. The normalized spacial score (nSPS) is 12.8. The molecule has 92 valence electrons. The summed E-state index contributed by atoms with van der Waals surface area (Å²) in [5, 5.41) is 7.06. The molecule has 1 rings (SSSR count). The van der Waals surface area contributed by atoms with E-state index < -0.39 is 32.6 Å². The maximum Gasteiger partial charge on any atom is 0.249 e. The second kappa shape index (κ2) is 4.55. The monoisotopic (exact) mass is 261 g/mol. The largest absolute Gasteiger partial charge is 0.397 e. The molecule has 0 saturated carbocycles. The van der Waals surface area contributed by atoms with E-state index in [0.717, 1.165) is 19.1 Å². The Morgan fingerprint density at radius 3 is 2.59 bits per heavy atom. The molecule has 0 saturated heterocycles. The fraction of sp³-hybridized carbons (Fsp3) is 0.222. The lowest BCUT2D eigenvalue weighted by atomic mass is 10.2. The smallest absolute Gasteiger partial charge is 0.249 e. The van der Waals surface area contributed by atoms with Crippen LogP contribution in [0.4, 0.5) is 20.2 Å². The van der Waals surface area contributed by atoms with Crippen LogP contribution in [0, 0.1) is 23.0 Å². The third-order valence-corrected chi connectivity index (χ3v) is 3.54. The first-order valence-electron chi connectivity index (χ1n) is 4.44. The summed E-state index contributed by atoms with van der Waals surface area (Å²) < 4.78 is 50.9. The zero-order valence-electron chi connectivity index (χ0n) is 8.74. The van der Waals surface area contributed by atoms with E-state index in [1.165, 1.54) is 6.07 Å². The van der Waals surface area contributed by atoms with Crippen molar-refractivity contribution in [2.24, 2.45) is 0 Å². The standard InChI is InChI=1S/C9H9F2N3O2S/c1-5(4-12)17(15,16)14-9-7(13)3-2-6(10)8(9)11/h2-3,5,14H,13H2,1H3. The molecule has 3 N–H and O–H groups in total. The molecule has 0 aliphatic rings. The Hall–Kier alpha value is -1.88. The van der Waals surface area contributed by atoms with Crippen LogP contribution in [-0.4, -0.2) is 13.7 Å². The number of benzene rings is 1. The van der Waals surface area contributed by atoms with E-state index in [-0.39, 0.29) is 5.69 Å². The van der Waals surface area contributed by atoms with Crippen molar-refractivity contribution in [2.75, 3.05) is 10.5 Å². The first kappa shape index (κ1) is 13.2. The third kappa shape index (κ3) is 2.62. The summed E-state index contributed by atoms with van der Waals surface area (Å²) in [6.45, 7) is 1.11. The Kier molecular flexibility index (Phi) is 3.53. The van der Waals surface area contributed by atoms with Crippen LogP contribution in [0.1, 0.15) is 6.92 Å². The quantitative estimate of drug-likeness (QED) is 0.799. The summed E-state index contributed by atoms with van der Waals surface area (Å²) in [4.78, 5) is 0. The molecule has 0 aliphatic heterocycles. The number of anilines is 2. The molecule has 0 aromatic heterocycles. The summed E-state index contributed by atoms with van der Waals surface area (Å²) in [6.07, 6.45) is 0. The molecule has 17 heavy (non-hydrogen) atoms. The molecule has 1 aromatic rings. The van der Waals surface area contributed by atoms with Gasteiger partial charge in [0.25, 0.3) is 0 Å². The molecular weight excluding hydrogens is 252 g/mol. The van der Waals surface area contributed by atoms with Crippen molar-refractivity contribution in [2.45, 2.75) is 12.2 Å². The zero-order chi connectivity index (χ0) is 13.2. The first-order chi connectivity index (χ1) is 7.79. The van der Waals surface area contributed by atoms with Crippen molar-refractivity contribution in [3.05, 3.63) is 23.8 Å². The Bertz CT molecular complexity index is 581. The lowest BCUT2D eigenvalue weighted by molar-refractivity contribution is 0.512. The van der Waals surface area contributed by atoms with Gasteiger partial charge in [-0.3, -0.25) is 4.72 Å². The van der Waals surface area contributed by atoms with Crippen LogP contribution >= 0.6 is 0 Å². The van der Waals surface area contributed by atoms with E-state index in [1.54, 1.807) is 4.72 Å². The molecule has 5 nitrogen and oxygen atoms in total. The van der Waals surface area contributed by atoms with Gasteiger partial charge in [-0.05, 0) is 19.1 Å². The van der Waals surface area contributed by atoms with Gasteiger partial charge in [0.2, 0.25) is 10.0 Å². The van der Waals surface area contributed by atoms with Crippen molar-refractivity contribution in [1.29, 1.82) is 5.26 Å². The number of nitriles is 1. The van der Waals surface area contributed by atoms with Crippen LogP contribution < -0.4 is 10.5 Å². The van der Waals surface area contributed by atoms with Crippen LogP contribution in [0.15, 0.2) is 12.1 Å². The number of rotatable bonds is 3. The second-order valence-corrected chi connectivity index (χ2v) is 5.25. The van der Waals surface area contributed by atoms with Gasteiger partial charge in [0.1, 0.15) is 5.69 Å². The number of hydrogen-bond acceptors (Lipinski definition) is 4. The van der Waals surface area contributed by atoms with Gasteiger partial charge in [0.05, 0.1) is 11.8 Å². The van der Waals surface area contributed by atoms with E-state index in [2.05, 4.69) is 0 Å². The van der Waals surface area contributed by atoms with Crippen molar-refractivity contribution in [1.82, 2.24) is 0 Å². The van der Waals surface area contributed by atoms with Crippen LogP contribution in [0.5, 0.6) is 0 Å². The molecule has 0 bridgehead atoms. The van der Waals surface area contributed by atoms with E-state index in [1.807, 2.05) is 0 Å². The molecule has 1 atom stereocenters. The molecular formula is C9H9F2N3O2S. The summed E-state index contributed by atoms with van der Waals surface area (Å²) >= 11 is 0. The molecule has 0 heterocycles. The Morgan fingerprint density at radius 2 is 2.06 bits per heavy atom. The summed E-state index contributed by atoms with van der Waals surface area (Å²) in [7, 11) is -4.12. The lowest BCUT2D eigenvalue weighted by Crippen LogP contribution is -2.25. The SMILES string of the molecule is CC(C#N)S(=O)(=O)Nc1c(N)ccc(F)c1F. The van der Waals surface area contributed by atoms with Gasteiger partial charge < -0.3 is 5.73 Å². The zero-order valence-corrected chi connectivity index (χ0v) is 9.55. The molecule has 0 fully saturated rings. The highest BCUT2D eigenvalue weighted by Gasteiger charge is 2.23. The summed E-state index contributed by atoms with van der Waals surface area (Å²) in [6, 6.07) is 3.27. The minimum absolute atomic E-state index is 0.266. The fourth-order valence-electron chi connectivity index (χ4n) is 0.969. The topological polar surface area (TPSA) is 96.0 Å². The van der Waals surface area contributed by atoms with Gasteiger partial charge >= 0.3 is 0 Å². The Balaban J connectivity index is 3.22. The average molecular weight is 261 g/mol. The molecule has 1 aromatic carbocycles. The van der Waals surface area contributed by atoms with Crippen LogP contribution in [0.25, 0.3) is 0 Å². The number of nitrogens with zero attached hydrogens (tertiary/aromatic N) is 1. The molecule has 0 radical (unpaired) electrons. The van der Waals surface area contributed by atoms with Crippen LogP contribution in [-0.2, 0) is 10.0 Å². The van der Waals surface area contributed by atoms with E-state index >= 15 is 0 Å². The number of nitrogens with two attached hydrogens (primary N) is 1.